The molecule has 0 amide bonds. The van der Waals surface area contributed by atoms with Gasteiger partial charge in [0.1, 0.15) is 0 Å². The Morgan fingerprint density at radius 3 is 1.44 bits per heavy atom. The molecule has 0 aromatic carbocycles. The van der Waals surface area contributed by atoms with Gasteiger partial charge in [0.05, 0.1) is 11.2 Å². The van der Waals surface area contributed by atoms with Crippen LogP contribution in [0.1, 0.15) is 75.2 Å². The highest BCUT2D eigenvalue weighted by atomic mass is 32.1. The Morgan fingerprint density at radius 2 is 1.11 bits per heavy atom. The molecule has 0 aromatic heterocycles. The maximum Gasteiger partial charge on any atom is 0.0639 e. The third-order valence-electron chi connectivity index (χ3n) is 2.84. The van der Waals surface area contributed by atoms with Crippen molar-refractivity contribution < 1.29 is 4.74 Å². The van der Waals surface area contributed by atoms with Crippen molar-refractivity contribution in [2.75, 3.05) is 5.75 Å². The van der Waals surface area contributed by atoms with Gasteiger partial charge in [0.25, 0.3) is 0 Å². The smallest absolute Gasteiger partial charge is 0.0639 e. The van der Waals surface area contributed by atoms with E-state index in [2.05, 4.69) is 74.9 Å². The zero-order valence-corrected chi connectivity index (χ0v) is 14.9. The summed E-state index contributed by atoms with van der Waals surface area (Å²) in [6.45, 7) is 20.1. The lowest BCUT2D eigenvalue weighted by Crippen LogP contribution is -2.42. The van der Waals surface area contributed by atoms with Crippen molar-refractivity contribution >= 4 is 12.6 Å². The van der Waals surface area contributed by atoms with Crippen LogP contribution in [0.4, 0.5) is 0 Å². The molecule has 18 heavy (non-hydrogen) atoms. The first-order valence-electron chi connectivity index (χ1n) is 6.99. The van der Waals surface area contributed by atoms with Crippen LogP contribution in [0.15, 0.2) is 0 Å². The first-order valence-corrected chi connectivity index (χ1v) is 7.62. The Hall–Kier alpha value is 0.310. The Labute approximate surface area is 120 Å². The van der Waals surface area contributed by atoms with Gasteiger partial charge < -0.3 is 4.74 Å². The highest BCUT2D eigenvalue weighted by molar-refractivity contribution is 7.80. The maximum atomic E-state index is 6.41. The van der Waals surface area contributed by atoms with Gasteiger partial charge >= 0.3 is 0 Å². The van der Waals surface area contributed by atoms with E-state index in [0.29, 0.717) is 5.41 Å². The van der Waals surface area contributed by atoms with E-state index in [-0.39, 0.29) is 16.6 Å². The molecule has 0 atom stereocenters. The van der Waals surface area contributed by atoms with Crippen LogP contribution >= 0.6 is 12.6 Å². The highest BCUT2D eigenvalue weighted by Gasteiger charge is 2.35. The predicted octanol–water partition coefficient (Wildman–Crippen LogP) is 5.34. The van der Waals surface area contributed by atoms with Crippen LogP contribution in [-0.4, -0.2) is 17.0 Å². The first-order chi connectivity index (χ1) is 7.68. The minimum Gasteiger partial charge on any atom is -0.370 e. The Morgan fingerprint density at radius 1 is 0.722 bits per heavy atom. The van der Waals surface area contributed by atoms with Crippen LogP contribution < -0.4 is 0 Å². The Bertz CT molecular complexity index is 259. The summed E-state index contributed by atoms with van der Waals surface area (Å²) in [5.74, 6) is 0.888. The molecule has 0 saturated carbocycles. The summed E-state index contributed by atoms with van der Waals surface area (Å²) >= 11 is 4.44. The van der Waals surface area contributed by atoms with Crippen LogP contribution in [0.5, 0.6) is 0 Å². The van der Waals surface area contributed by atoms with Crippen LogP contribution in [0.3, 0.4) is 0 Å². The van der Waals surface area contributed by atoms with E-state index < -0.39 is 0 Å². The third-order valence-corrected chi connectivity index (χ3v) is 3.70. The second kappa shape index (κ2) is 5.75. The second-order valence-electron chi connectivity index (χ2n) is 8.86. The molecule has 110 valence electrons. The summed E-state index contributed by atoms with van der Waals surface area (Å²) in [5, 5.41) is 0. The molecule has 0 spiro atoms. The first kappa shape index (κ1) is 18.3. The molecule has 0 saturated heterocycles. The highest BCUT2D eigenvalue weighted by Crippen LogP contribution is 2.37. The van der Waals surface area contributed by atoms with Crippen molar-refractivity contribution in [1.82, 2.24) is 0 Å². The van der Waals surface area contributed by atoms with Gasteiger partial charge in [-0.1, -0.05) is 34.6 Å². The topological polar surface area (TPSA) is 9.23 Å². The fourth-order valence-corrected chi connectivity index (χ4v) is 3.42. The predicted molar refractivity (Wildman–Crippen MR) is 85.6 cm³/mol. The molecule has 0 rings (SSSR count). The van der Waals surface area contributed by atoms with Gasteiger partial charge in [-0.05, 0) is 57.1 Å². The van der Waals surface area contributed by atoms with Crippen molar-refractivity contribution in [2.45, 2.75) is 86.4 Å². The zero-order chi connectivity index (χ0) is 14.8. The average Bonchev–Trinajstić information content (AvgIpc) is 1.93. The third kappa shape index (κ3) is 8.42. The largest absolute Gasteiger partial charge is 0.370 e. The molecular formula is C16H34OS. The van der Waals surface area contributed by atoms with Gasteiger partial charge in [-0.15, -0.1) is 0 Å². The number of rotatable bonds is 6. The summed E-state index contributed by atoms with van der Waals surface area (Å²) < 4.78 is 6.41. The van der Waals surface area contributed by atoms with Gasteiger partial charge in [-0.25, -0.2) is 0 Å². The van der Waals surface area contributed by atoms with Crippen molar-refractivity contribution in [3.05, 3.63) is 0 Å². The lowest BCUT2D eigenvalue weighted by atomic mass is 9.81. The zero-order valence-electron chi connectivity index (χ0n) is 14.0. The Kier molecular flexibility index (Phi) is 5.84. The molecule has 0 unspecified atom stereocenters. The summed E-state index contributed by atoms with van der Waals surface area (Å²) in [5.41, 5.74) is 0.304. The summed E-state index contributed by atoms with van der Waals surface area (Å²) in [7, 11) is 0. The van der Waals surface area contributed by atoms with Gasteiger partial charge in [-0.2, -0.15) is 12.6 Å². The standard InChI is InChI=1S/C16H34OS/c1-13(2,3)10-15(6,7)17-16(8,9)11-14(4,5)12-18/h18H,10-12H2,1-9H3. The molecule has 0 bridgehead atoms. The molecule has 0 N–H and O–H groups in total. The van der Waals surface area contributed by atoms with Crippen LogP contribution in [0.25, 0.3) is 0 Å². The van der Waals surface area contributed by atoms with Crippen molar-refractivity contribution in [2.24, 2.45) is 10.8 Å². The fourth-order valence-electron chi connectivity index (χ4n) is 3.31. The van der Waals surface area contributed by atoms with E-state index >= 15 is 0 Å². The quantitative estimate of drug-likeness (QED) is 0.643. The van der Waals surface area contributed by atoms with E-state index in [1.807, 2.05) is 0 Å². The van der Waals surface area contributed by atoms with E-state index in [0.717, 1.165) is 18.6 Å². The van der Waals surface area contributed by atoms with Gasteiger partial charge in [0.15, 0.2) is 0 Å². The van der Waals surface area contributed by atoms with Crippen LogP contribution in [0.2, 0.25) is 0 Å². The molecule has 2 heteroatoms. The SMILES string of the molecule is CC(C)(C)CC(C)(C)OC(C)(C)CC(C)(C)CS. The van der Waals surface area contributed by atoms with Crippen LogP contribution in [-0.2, 0) is 4.74 Å². The minimum absolute atomic E-state index is 0.0889. The van der Waals surface area contributed by atoms with Gasteiger partial charge in [-0.3, -0.25) is 0 Å². The number of thiol groups is 1. The Balaban J connectivity index is 4.66. The molecule has 0 fully saturated rings. The minimum atomic E-state index is -0.110. The molecule has 0 aliphatic heterocycles. The molecule has 0 aromatic rings. The molecule has 0 radical (unpaired) electrons. The second-order valence-corrected chi connectivity index (χ2v) is 9.17. The summed E-state index contributed by atoms with van der Waals surface area (Å²) in [6.07, 6.45) is 2.09. The monoisotopic (exact) mass is 274 g/mol. The maximum absolute atomic E-state index is 6.41. The van der Waals surface area contributed by atoms with E-state index in [4.69, 9.17) is 4.74 Å². The normalized spacial score (nSPS) is 15.0. The number of ether oxygens (including phenoxy) is 1. The summed E-state index contributed by atoms with van der Waals surface area (Å²) in [6, 6.07) is 0. The van der Waals surface area contributed by atoms with E-state index in [1.54, 1.807) is 0 Å². The lowest BCUT2D eigenvalue weighted by Gasteiger charge is -2.42. The fraction of sp³-hybridized carbons (Fsp3) is 1.00. The number of hydrogen-bond acceptors (Lipinski definition) is 2. The summed E-state index contributed by atoms with van der Waals surface area (Å²) in [4.78, 5) is 0. The molecular weight excluding hydrogens is 240 g/mol. The van der Waals surface area contributed by atoms with E-state index in [9.17, 15) is 0 Å². The van der Waals surface area contributed by atoms with Crippen LogP contribution in [0, 0.1) is 10.8 Å². The van der Waals surface area contributed by atoms with Gasteiger partial charge in [0.2, 0.25) is 0 Å². The molecule has 0 heterocycles. The molecule has 0 aliphatic carbocycles. The average molecular weight is 275 g/mol. The lowest BCUT2D eigenvalue weighted by molar-refractivity contribution is -0.148. The van der Waals surface area contributed by atoms with E-state index in [1.165, 1.54) is 0 Å². The van der Waals surface area contributed by atoms with Crippen molar-refractivity contribution in [3.63, 3.8) is 0 Å². The number of hydrogen-bond donors (Lipinski definition) is 1. The van der Waals surface area contributed by atoms with Gasteiger partial charge in [0, 0.05) is 0 Å². The van der Waals surface area contributed by atoms with Crippen molar-refractivity contribution in [3.8, 4) is 0 Å². The van der Waals surface area contributed by atoms with Crippen molar-refractivity contribution in [1.29, 1.82) is 0 Å². The molecule has 1 nitrogen and oxygen atoms in total. The molecule has 0 aliphatic rings.